The Kier molecular flexibility index (Phi) is 4.48. The minimum Gasteiger partial charge on any atom is -0.292 e. The largest absolute Gasteiger partial charge is 0.292 e. The Morgan fingerprint density at radius 2 is 1.12 bits per heavy atom. The number of nitrogens with zero attached hydrogens (tertiary/aromatic N) is 3. The van der Waals surface area contributed by atoms with E-state index in [1.165, 1.54) is 41.7 Å². The van der Waals surface area contributed by atoms with Crippen LogP contribution in [0.25, 0.3) is 80.6 Å². The molecule has 0 aliphatic rings. The highest BCUT2D eigenvalue weighted by Crippen LogP contribution is 2.39. The molecule has 0 amide bonds. The van der Waals surface area contributed by atoms with Gasteiger partial charge in [-0.05, 0) is 47.2 Å². The summed E-state index contributed by atoms with van der Waals surface area (Å²) < 4.78 is 4.88. The van der Waals surface area contributed by atoms with E-state index in [9.17, 15) is 0 Å². The fourth-order valence-corrected chi connectivity index (χ4v) is 7.31. The van der Waals surface area contributed by atoms with E-state index in [2.05, 4.69) is 132 Å². The highest BCUT2D eigenvalue weighted by molar-refractivity contribution is 7.25. The number of aromatic nitrogens is 3. The van der Waals surface area contributed by atoms with Gasteiger partial charge < -0.3 is 0 Å². The highest BCUT2D eigenvalue weighted by atomic mass is 32.1. The van der Waals surface area contributed by atoms with Gasteiger partial charge in [0.15, 0.2) is 5.82 Å². The average molecular weight is 528 g/mol. The van der Waals surface area contributed by atoms with Gasteiger partial charge in [0, 0.05) is 47.3 Å². The Labute approximate surface area is 233 Å². The molecule has 0 fully saturated rings. The van der Waals surface area contributed by atoms with Crippen LogP contribution in [0.2, 0.25) is 0 Å². The third-order valence-corrected chi connectivity index (χ3v) is 9.22. The summed E-state index contributed by atoms with van der Waals surface area (Å²) in [6.45, 7) is 0. The summed E-state index contributed by atoms with van der Waals surface area (Å²) in [7, 11) is 0. The fourth-order valence-electron chi connectivity index (χ4n) is 6.22. The molecular formula is C36H21N3S. The van der Waals surface area contributed by atoms with Crippen molar-refractivity contribution in [1.82, 2.24) is 14.8 Å². The molecule has 0 saturated heterocycles. The van der Waals surface area contributed by atoms with Gasteiger partial charge in [0.2, 0.25) is 0 Å². The molecule has 0 atom stereocenters. The molecule has 3 nitrogen and oxygen atoms in total. The van der Waals surface area contributed by atoms with Crippen molar-refractivity contribution in [1.29, 1.82) is 0 Å². The number of para-hydroxylation sites is 1. The van der Waals surface area contributed by atoms with Gasteiger partial charge >= 0.3 is 0 Å². The van der Waals surface area contributed by atoms with Crippen LogP contribution in [0.5, 0.6) is 0 Å². The van der Waals surface area contributed by atoms with Crippen molar-refractivity contribution < 1.29 is 0 Å². The maximum Gasteiger partial charge on any atom is 0.168 e. The molecule has 3 aromatic heterocycles. The summed E-state index contributed by atoms with van der Waals surface area (Å²) in [4.78, 5) is 0. The second-order valence-electron chi connectivity index (χ2n) is 10.3. The van der Waals surface area contributed by atoms with E-state index in [0.29, 0.717) is 0 Å². The molecule has 9 aromatic rings. The molecule has 6 aromatic carbocycles. The van der Waals surface area contributed by atoms with Crippen molar-refractivity contribution in [3.8, 4) is 17.1 Å². The van der Waals surface area contributed by atoms with E-state index in [4.69, 9.17) is 10.2 Å². The van der Waals surface area contributed by atoms with E-state index in [1.807, 2.05) is 11.3 Å². The number of hydrogen-bond donors (Lipinski definition) is 0. The summed E-state index contributed by atoms with van der Waals surface area (Å²) in [5.74, 6) is 0.850. The third-order valence-electron chi connectivity index (χ3n) is 8.07. The predicted molar refractivity (Wildman–Crippen MR) is 170 cm³/mol. The first-order chi connectivity index (χ1) is 19.8. The molecule has 0 bridgehead atoms. The van der Waals surface area contributed by atoms with Crippen LogP contribution in [0.15, 0.2) is 127 Å². The minimum absolute atomic E-state index is 0.850. The van der Waals surface area contributed by atoms with Gasteiger partial charge in [-0.15, -0.1) is 21.5 Å². The van der Waals surface area contributed by atoms with Crippen molar-refractivity contribution in [2.75, 3.05) is 0 Å². The molecule has 0 spiro atoms. The molecule has 186 valence electrons. The Balaban J connectivity index is 1.34. The van der Waals surface area contributed by atoms with Gasteiger partial charge in [0.1, 0.15) is 5.69 Å². The van der Waals surface area contributed by atoms with E-state index in [0.717, 1.165) is 38.9 Å². The van der Waals surface area contributed by atoms with Crippen LogP contribution in [0.4, 0.5) is 0 Å². The summed E-state index contributed by atoms with van der Waals surface area (Å²) in [6.07, 6.45) is 0. The smallest absolute Gasteiger partial charge is 0.168 e. The standard InChI is InChI=1S/C36H21N3S/c1-2-10-23-21-32-29(19-22(23)9-1)25-11-5-7-15-31(25)39(32)36-28-14-4-3-13-27(28)35(37-38-36)24-17-18-34-30(20-24)26-12-6-8-16-33(26)40-34/h1-21H. The molecule has 9 rings (SSSR count). The number of benzene rings is 6. The van der Waals surface area contributed by atoms with E-state index >= 15 is 0 Å². The first-order valence-electron chi connectivity index (χ1n) is 13.4. The molecule has 0 aliphatic carbocycles. The lowest BCUT2D eigenvalue weighted by molar-refractivity contribution is 0.977. The zero-order chi connectivity index (χ0) is 26.2. The van der Waals surface area contributed by atoms with Crippen molar-refractivity contribution in [3.05, 3.63) is 127 Å². The zero-order valence-electron chi connectivity index (χ0n) is 21.4. The number of fused-ring (bicyclic) bond motifs is 8. The Morgan fingerprint density at radius 1 is 0.450 bits per heavy atom. The predicted octanol–water partition coefficient (Wildman–Crippen LogP) is 9.91. The van der Waals surface area contributed by atoms with Crippen LogP contribution in [0, 0.1) is 0 Å². The van der Waals surface area contributed by atoms with Crippen LogP contribution < -0.4 is 0 Å². The number of thiophene rings is 1. The molecule has 0 radical (unpaired) electrons. The van der Waals surface area contributed by atoms with E-state index in [1.54, 1.807) is 0 Å². The van der Waals surface area contributed by atoms with Crippen LogP contribution >= 0.6 is 11.3 Å². The molecule has 0 unspecified atom stereocenters. The van der Waals surface area contributed by atoms with E-state index < -0.39 is 0 Å². The quantitative estimate of drug-likeness (QED) is 0.224. The summed E-state index contributed by atoms with van der Waals surface area (Å²) in [5.41, 5.74) is 4.26. The molecule has 40 heavy (non-hydrogen) atoms. The van der Waals surface area contributed by atoms with Crippen molar-refractivity contribution >= 4 is 74.9 Å². The fraction of sp³-hybridized carbons (Fsp3) is 0. The van der Waals surface area contributed by atoms with Crippen LogP contribution in [-0.2, 0) is 0 Å². The second kappa shape index (κ2) is 8.22. The maximum absolute atomic E-state index is 4.95. The number of rotatable bonds is 2. The molecule has 0 saturated carbocycles. The van der Waals surface area contributed by atoms with Crippen LogP contribution in [0.1, 0.15) is 0 Å². The monoisotopic (exact) mass is 527 g/mol. The lowest BCUT2D eigenvalue weighted by Gasteiger charge is -2.13. The third kappa shape index (κ3) is 3.05. The second-order valence-corrected chi connectivity index (χ2v) is 11.4. The average Bonchev–Trinajstić information content (AvgIpc) is 3.54. The summed E-state index contributed by atoms with van der Waals surface area (Å²) in [5, 5.41) is 19.5. The van der Waals surface area contributed by atoms with Crippen LogP contribution in [-0.4, -0.2) is 14.8 Å². The maximum atomic E-state index is 4.95. The number of hydrogen-bond acceptors (Lipinski definition) is 3. The van der Waals surface area contributed by atoms with Crippen molar-refractivity contribution in [2.45, 2.75) is 0 Å². The molecule has 0 N–H and O–H groups in total. The Hall–Kier alpha value is -5.06. The minimum atomic E-state index is 0.850. The molecular weight excluding hydrogens is 506 g/mol. The summed E-state index contributed by atoms with van der Waals surface area (Å²) in [6, 6.07) is 45.5. The first-order valence-corrected chi connectivity index (χ1v) is 14.2. The lowest BCUT2D eigenvalue weighted by Crippen LogP contribution is -2.02. The normalized spacial score (nSPS) is 12.0. The SMILES string of the molecule is c1ccc2cc3c(cc2c1)c1ccccc1n3-c1nnc(-c2ccc3sc4ccccc4c3c2)c2ccccc12. The van der Waals surface area contributed by atoms with Gasteiger partial charge in [0.05, 0.1) is 11.0 Å². The topological polar surface area (TPSA) is 30.7 Å². The molecule has 4 heteroatoms. The van der Waals surface area contributed by atoms with Crippen molar-refractivity contribution in [3.63, 3.8) is 0 Å². The Bertz CT molecular complexity index is 2450. The van der Waals surface area contributed by atoms with Crippen molar-refractivity contribution in [2.24, 2.45) is 0 Å². The van der Waals surface area contributed by atoms with Gasteiger partial charge in [-0.3, -0.25) is 4.57 Å². The highest BCUT2D eigenvalue weighted by Gasteiger charge is 2.19. The summed E-state index contributed by atoms with van der Waals surface area (Å²) >= 11 is 1.83. The van der Waals surface area contributed by atoms with Gasteiger partial charge in [-0.2, -0.15) is 0 Å². The van der Waals surface area contributed by atoms with Gasteiger partial charge in [0.25, 0.3) is 0 Å². The van der Waals surface area contributed by atoms with Crippen LogP contribution in [0.3, 0.4) is 0 Å². The van der Waals surface area contributed by atoms with Gasteiger partial charge in [-0.25, -0.2) is 0 Å². The Morgan fingerprint density at radius 3 is 2.00 bits per heavy atom. The first kappa shape index (κ1) is 21.8. The molecule has 3 heterocycles. The molecule has 0 aliphatic heterocycles. The van der Waals surface area contributed by atoms with E-state index in [-0.39, 0.29) is 0 Å². The van der Waals surface area contributed by atoms with Gasteiger partial charge in [-0.1, -0.05) is 91.0 Å². The lowest BCUT2D eigenvalue weighted by atomic mass is 10.0. The zero-order valence-corrected chi connectivity index (χ0v) is 22.2.